The number of rotatable bonds is 7. The van der Waals surface area contributed by atoms with Gasteiger partial charge in [0.25, 0.3) is 17.7 Å². The molecule has 0 spiro atoms. The van der Waals surface area contributed by atoms with Crippen molar-refractivity contribution in [1.82, 2.24) is 10.1 Å². The summed E-state index contributed by atoms with van der Waals surface area (Å²) in [6.07, 6.45) is -0.950. The summed E-state index contributed by atoms with van der Waals surface area (Å²) in [5.41, 5.74) is 0.683. The van der Waals surface area contributed by atoms with Gasteiger partial charge in [-0.2, -0.15) is 4.98 Å². The molecule has 1 aromatic heterocycles. The van der Waals surface area contributed by atoms with Crippen LogP contribution < -0.4 is 14.8 Å². The fraction of sp³-hybridized carbons (Fsp3) is 0.211. The number of aromatic nitrogens is 2. The first-order valence-electron chi connectivity index (χ1n) is 8.36. The highest BCUT2D eigenvalue weighted by Crippen LogP contribution is 2.22. The molecular formula is C19H18FN3O4. The zero-order valence-corrected chi connectivity index (χ0v) is 14.8. The summed E-state index contributed by atoms with van der Waals surface area (Å²) in [5.74, 6) is -0.118. The molecule has 0 radical (unpaired) electrons. The van der Waals surface area contributed by atoms with E-state index >= 15 is 0 Å². The molecule has 8 heteroatoms. The molecule has 3 aromatic rings. The minimum Gasteiger partial charge on any atom is -0.494 e. The third-order valence-electron chi connectivity index (χ3n) is 3.58. The van der Waals surface area contributed by atoms with Crippen molar-refractivity contribution >= 4 is 11.9 Å². The Morgan fingerprint density at radius 3 is 2.67 bits per heavy atom. The van der Waals surface area contributed by atoms with Crippen LogP contribution in [0.2, 0.25) is 0 Å². The van der Waals surface area contributed by atoms with Crippen LogP contribution >= 0.6 is 0 Å². The van der Waals surface area contributed by atoms with E-state index in [0.29, 0.717) is 12.2 Å². The normalized spacial score (nSPS) is 11.7. The summed E-state index contributed by atoms with van der Waals surface area (Å²) in [6, 6.07) is 13.0. The molecule has 0 fully saturated rings. The molecule has 7 nitrogen and oxygen atoms in total. The monoisotopic (exact) mass is 371 g/mol. The van der Waals surface area contributed by atoms with Crippen molar-refractivity contribution in [2.24, 2.45) is 0 Å². The summed E-state index contributed by atoms with van der Waals surface area (Å²) in [5, 5.41) is 6.20. The number of nitrogens with zero attached hydrogens (tertiary/aromatic N) is 2. The van der Waals surface area contributed by atoms with Gasteiger partial charge in [-0.05, 0) is 55.4 Å². The number of anilines is 1. The topological polar surface area (TPSA) is 86.5 Å². The van der Waals surface area contributed by atoms with Crippen LogP contribution in [0.3, 0.4) is 0 Å². The second kappa shape index (κ2) is 8.31. The standard InChI is InChI=1S/C19H18FN3O4/c1-3-25-14-10-8-13(9-11-14)18-22-19(23-27-18)21-17(24)12(2)26-16-7-5-4-6-15(16)20/h4-12H,3H2,1-2H3,(H,21,23,24)/t12-/m0/s1. The van der Waals surface area contributed by atoms with Gasteiger partial charge in [0.15, 0.2) is 17.7 Å². The first kappa shape index (κ1) is 18.4. The predicted octanol–water partition coefficient (Wildman–Crippen LogP) is 3.68. The van der Waals surface area contributed by atoms with Crippen molar-refractivity contribution in [2.75, 3.05) is 11.9 Å². The third kappa shape index (κ3) is 4.60. The summed E-state index contributed by atoms with van der Waals surface area (Å²) in [7, 11) is 0. The number of amides is 1. The number of benzene rings is 2. The van der Waals surface area contributed by atoms with Crippen molar-refractivity contribution in [1.29, 1.82) is 0 Å². The fourth-order valence-electron chi connectivity index (χ4n) is 2.25. The van der Waals surface area contributed by atoms with E-state index in [0.717, 1.165) is 5.75 Å². The number of ether oxygens (including phenoxy) is 2. The fourth-order valence-corrected chi connectivity index (χ4v) is 2.25. The number of carbonyl (C=O) groups is 1. The number of carbonyl (C=O) groups excluding carboxylic acids is 1. The van der Waals surface area contributed by atoms with E-state index in [2.05, 4.69) is 15.5 Å². The number of nitrogens with one attached hydrogen (secondary N) is 1. The highest BCUT2D eigenvalue weighted by molar-refractivity contribution is 5.92. The van der Waals surface area contributed by atoms with Crippen molar-refractivity contribution in [3.8, 4) is 23.0 Å². The van der Waals surface area contributed by atoms with Crippen LogP contribution in [0.5, 0.6) is 11.5 Å². The summed E-state index contributed by atoms with van der Waals surface area (Å²) >= 11 is 0. The molecule has 1 heterocycles. The summed E-state index contributed by atoms with van der Waals surface area (Å²) < 4.78 is 29.4. The van der Waals surface area contributed by atoms with E-state index in [1.807, 2.05) is 6.92 Å². The van der Waals surface area contributed by atoms with Gasteiger partial charge in [0.2, 0.25) is 0 Å². The lowest BCUT2D eigenvalue weighted by Crippen LogP contribution is -2.30. The van der Waals surface area contributed by atoms with Crippen LogP contribution in [0.15, 0.2) is 53.1 Å². The Morgan fingerprint density at radius 1 is 1.22 bits per heavy atom. The molecule has 140 valence electrons. The molecule has 0 saturated heterocycles. The van der Waals surface area contributed by atoms with Crippen LogP contribution in [0, 0.1) is 5.82 Å². The van der Waals surface area contributed by atoms with Crippen molar-refractivity contribution in [3.05, 3.63) is 54.3 Å². The Labute approximate surface area is 155 Å². The molecule has 0 aliphatic carbocycles. The van der Waals surface area contributed by atoms with Gasteiger partial charge >= 0.3 is 0 Å². The van der Waals surface area contributed by atoms with Crippen molar-refractivity contribution < 1.29 is 23.2 Å². The Hall–Kier alpha value is -3.42. The van der Waals surface area contributed by atoms with Gasteiger partial charge < -0.3 is 14.0 Å². The van der Waals surface area contributed by atoms with E-state index < -0.39 is 17.8 Å². The average Bonchev–Trinajstić information content (AvgIpc) is 3.13. The van der Waals surface area contributed by atoms with Crippen LogP contribution in [-0.2, 0) is 4.79 Å². The zero-order chi connectivity index (χ0) is 19.2. The first-order chi connectivity index (χ1) is 13.1. The number of hydrogen-bond donors (Lipinski definition) is 1. The maximum Gasteiger partial charge on any atom is 0.270 e. The molecule has 0 aliphatic heterocycles. The summed E-state index contributed by atoms with van der Waals surface area (Å²) in [6.45, 7) is 3.97. The van der Waals surface area contributed by atoms with Gasteiger partial charge in [-0.1, -0.05) is 12.1 Å². The molecule has 27 heavy (non-hydrogen) atoms. The number of para-hydroxylation sites is 1. The lowest BCUT2D eigenvalue weighted by molar-refractivity contribution is -0.122. The van der Waals surface area contributed by atoms with Crippen molar-refractivity contribution in [2.45, 2.75) is 20.0 Å². The SMILES string of the molecule is CCOc1ccc(-c2nc(NC(=O)[C@H](C)Oc3ccccc3F)no2)cc1. The van der Waals surface area contributed by atoms with Gasteiger partial charge in [0.05, 0.1) is 6.61 Å². The largest absolute Gasteiger partial charge is 0.494 e. The number of halogens is 1. The predicted molar refractivity (Wildman–Crippen MR) is 96.0 cm³/mol. The van der Waals surface area contributed by atoms with Crippen molar-refractivity contribution in [3.63, 3.8) is 0 Å². The molecule has 1 N–H and O–H groups in total. The maximum absolute atomic E-state index is 13.6. The second-order valence-electron chi connectivity index (χ2n) is 5.56. The molecule has 3 rings (SSSR count). The molecule has 1 atom stereocenters. The van der Waals surface area contributed by atoms with Crippen LogP contribution in [-0.4, -0.2) is 28.8 Å². The molecular weight excluding hydrogens is 353 g/mol. The molecule has 0 aliphatic rings. The Kier molecular flexibility index (Phi) is 5.65. The molecule has 1 amide bonds. The maximum atomic E-state index is 13.6. The third-order valence-corrected chi connectivity index (χ3v) is 3.58. The second-order valence-corrected chi connectivity index (χ2v) is 5.56. The lowest BCUT2D eigenvalue weighted by Gasteiger charge is -2.13. The Morgan fingerprint density at radius 2 is 1.96 bits per heavy atom. The Balaban J connectivity index is 1.62. The van der Waals surface area contributed by atoms with Gasteiger partial charge in [-0.15, -0.1) is 0 Å². The molecule has 0 bridgehead atoms. The Bertz CT molecular complexity index is 911. The molecule has 0 unspecified atom stereocenters. The van der Waals surface area contributed by atoms with Crippen LogP contribution in [0.1, 0.15) is 13.8 Å². The zero-order valence-electron chi connectivity index (χ0n) is 14.8. The van der Waals surface area contributed by atoms with Crippen LogP contribution in [0.25, 0.3) is 11.5 Å². The van der Waals surface area contributed by atoms with Gasteiger partial charge in [0.1, 0.15) is 5.75 Å². The van der Waals surface area contributed by atoms with Gasteiger partial charge in [0, 0.05) is 5.56 Å². The van der Waals surface area contributed by atoms with E-state index in [-0.39, 0.29) is 17.6 Å². The van der Waals surface area contributed by atoms with Gasteiger partial charge in [-0.25, -0.2) is 4.39 Å². The molecule has 2 aromatic carbocycles. The van der Waals surface area contributed by atoms with E-state index in [9.17, 15) is 9.18 Å². The molecule has 0 saturated carbocycles. The first-order valence-corrected chi connectivity index (χ1v) is 8.36. The minimum absolute atomic E-state index is 0.00660. The van der Waals surface area contributed by atoms with Gasteiger partial charge in [-0.3, -0.25) is 10.1 Å². The quantitative estimate of drug-likeness (QED) is 0.682. The highest BCUT2D eigenvalue weighted by Gasteiger charge is 2.19. The average molecular weight is 371 g/mol. The minimum atomic E-state index is -0.950. The van der Waals surface area contributed by atoms with E-state index in [1.54, 1.807) is 30.3 Å². The lowest BCUT2D eigenvalue weighted by atomic mass is 10.2. The highest BCUT2D eigenvalue weighted by atomic mass is 19.1. The number of hydrogen-bond acceptors (Lipinski definition) is 6. The van der Waals surface area contributed by atoms with Crippen LogP contribution in [0.4, 0.5) is 10.3 Å². The smallest absolute Gasteiger partial charge is 0.270 e. The van der Waals surface area contributed by atoms with E-state index in [1.165, 1.54) is 25.1 Å². The van der Waals surface area contributed by atoms with E-state index in [4.69, 9.17) is 14.0 Å². The summed E-state index contributed by atoms with van der Waals surface area (Å²) in [4.78, 5) is 16.3.